The second-order valence-corrected chi connectivity index (χ2v) is 5.25. The second-order valence-electron chi connectivity index (χ2n) is 5.25. The molecule has 1 aliphatic rings. The van der Waals surface area contributed by atoms with E-state index in [1.165, 1.54) is 0 Å². The summed E-state index contributed by atoms with van der Waals surface area (Å²) >= 11 is 0. The number of carbonyl (C=O) groups is 1. The molecule has 18 heavy (non-hydrogen) atoms. The maximum absolute atomic E-state index is 12.2. The van der Waals surface area contributed by atoms with Crippen LogP contribution in [0.15, 0.2) is 18.2 Å². The van der Waals surface area contributed by atoms with E-state index in [0.717, 1.165) is 12.2 Å². The van der Waals surface area contributed by atoms with Crippen LogP contribution < -0.4 is 16.4 Å². The average Bonchev–Trinajstić information content (AvgIpc) is 2.30. The van der Waals surface area contributed by atoms with E-state index in [-0.39, 0.29) is 5.91 Å². The summed E-state index contributed by atoms with van der Waals surface area (Å²) in [5, 5.41) is 0. The molecule has 0 aliphatic carbocycles. The van der Waals surface area contributed by atoms with Crippen LogP contribution >= 0.6 is 0 Å². The summed E-state index contributed by atoms with van der Waals surface area (Å²) in [6.07, 6.45) is 0. The molecule has 1 fully saturated rings. The molecule has 0 atom stereocenters. The lowest BCUT2D eigenvalue weighted by molar-refractivity contribution is -0.136. The van der Waals surface area contributed by atoms with Gasteiger partial charge in [-0.25, -0.2) is 0 Å². The van der Waals surface area contributed by atoms with Gasteiger partial charge in [0.1, 0.15) is 5.54 Å². The van der Waals surface area contributed by atoms with E-state index < -0.39 is 5.54 Å². The predicted molar refractivity (Wildman–Crippen MR) is 74.3 cm³/mol. The van der Waals surface area contributed by atoms with Crippen LogP contribution in [0.2, 0.25) is 0 Å². The molecule has 0 bridgehead atoms. The van der Waals surface area contributed by atoms with Crippen molar-refractivity contribution in [1.82, 2.24) is 4.90 Å². The SMILES string of the molecule is CN1CCN(c2ccc(N)c(N)c2)C(C)(C)C1=O. The Morgan fingerprint density at radius 2 is 1.83 bits per heavy atom. The Bertz CT molecular complexity index is 484. The molecule has 0 unspecified atom stereocenters. The Morgan fingerprint density at radius 3 is 2.44 bits per heavy atom. The van der Waals surface area contributed by atoms with E-state index >= 15 is 0 Å². The van der Waals surface area contributed by atoms with E-state index in [2.05, 4.69) is 4.90 Å². The van der Waals surface area contributed by atoms with Crippen molar-refractivity contribution in [2.45, 2.75) is 19.4 Å². The molecule has 1 amide bonds. The summed E-state index contributed by atoms with van der Waals surface area (Å²) in [6, 6.07) is 5.52. The fourth-order valence-electron chi connectivity index (χ4n) is 2.40. The molecule has 1 heterocycles. The van der Waals surface area contributed by atoms with Crippen molar-refractivity contribution in [3.05, 3.63) is 18.2 Å². The minimum Gasteiger partial charge on any atom is -0.397 e. The van der Waals surface area contributed by atoms with Crippen LogP contribution in [0, 0.1) is 0 Å². The first-order chi connectivity index (χ1) is 8.34. The molecule has 1 aliphatic heterocycles. The summed E-state index contributed by atoms with van der Waals surface area (Å²) in [4.78, 5) is 16.0. The van der Waals surface area contributed by atoms with Gasteiger partial charge in [-0.15, -0.1) is 0 Å². The number of nitrogens with two attached hydrogens (primary N) is 2. The van der Waals surface area contributed by atoms with Crippen molar-refractivity contribution in [3.8, 4) is 0 Å². The molecule has 98 valence electrons. The maximum Gasteiger partial charge on any atom is 0.247 e. The number of amides is 1. The lowest BCUT2D eigenvalue weighted by Gasteiger charge is -2.46. The molecule has 0 saturated carbocycles. The molecule has 0 radical (unpaired) electrons. The lowest BCUT2D eigenvalue weighted by atomic mass is 9.96. The van der Waals surface area contributed by atoms with E-state index in [0.29, 0.717) is 17.9 Å². The number of hydrogen-bond acceptors (Lipinski definition) is 4. The zero-order valence-corrected chi connectivity index (χ0v) is 11.1. The standard InChI is InChI=1S/C13H20N4O/c1-13(2)12(18)16(3)6-7-17(13)9-4-5-10(14)11(15)8-9/h4-5,8H,6-7,14-15H2,1-3H3. The molecule has 5 heteroatoms. The zero-order chi connectivity index (χ0) is 13.5. The van der Waals surface area contributed by atoms with Gasteiger partial charge < -0.3 is 21.3 Å². The van der Waals surface area contributed by atoms with Crippen LogP contribution in [0.5, 0.6) is 0 Å². The molecular weight excluding hydrogens is 228 g/mol. The number of benzene rings is 1. The summed E-state index contributed by atoms with van der Waals surface area (Å²) < 4.78 is 0. The highest BCUT2D eigenvalue weighted by molar-refractivity contribution is 5.90. The smallest absolute Gasteiger partial charge is 0.247 e. The first kappa shape index (κ1) is 12.5. The van der Waals surface area contributed by atoms with Crippen molar-refractivity contribution >= 4 is 23.0 Å². The fraction of sp³-hybridized carbons (Fsp3) is 0.462. The molecule has 2 rings (SSSR count). The Morgan fingerprint density at radius 1 is 1.17 bits per heavy atom. The predicted octanol–water partition coefficient (Wildman–Crippen LogP) is 0.908. The number of likely N-dealkylation sites (N-methyl/N-ethyl adjacent to an activating group) is 1. The van der Waals surface area contributed by atoms with Gasteiger partial charge in [0.25, 0.3) is 0 Å². The highest BCUT2D eigenvalue weighted by Crippen LogP contribution is 2.31. The van der Waals surface area contributed by atoms with Crippen LogP contribution in [-0.2, 0) is 4.79 Å². The summed E-state index contributed by atoms with van der Waals surface area (Å²) in [7, 11) is 1.83. The number of rotatable bonds is 1. The average molecular weight is 248 g/mol. The van der Waals surface area contributed by atoms with Crippen LogP contribution in [0.4, 0.5) is 17.1 Å². The van der Waals surface area contributed by atoms with Gasteiger partial charge in [-0.3, -0.25) is 4.79 Å². The molecule has 1 aromatic carbocycles. The fourth-order valence-corrected chi connectivity index (χ4v) is 2.40. The summed E-state index contributed by atoms with van der Waals surface area (Å²) in [5.41, 5.74) is 13.0. The van der Waals surface area contributed by atoms with Crippen molar-refractivity contribution in [2.24, 2.45) is 0 Å². The number of hydrogen-bond donors (Lipinski definition) is 2. The third-order valence-corrected chi connectivity index (χ3v) is 3.59. The maximum atomic E-state index is 12.2. The highest BCUT2D eigenvalue weighted by Gasteiger charge is 2.40. The third-order valence-electron chi connectivity index (χ3n) is 3.59. The van der Waals surface area contributed by atoms with Gasteiger partial charge in [0.2, 0.25) is 5.91 Å². The zero-order valence-electron chi connectivity index (χ0n) is 11.1. The second kappa shape index (κ2) is 4.08. The van der Waals surface area contributed by atoms with Gasteiger partial charge in [-0.05, 0) is 32.0 Å². The van der Waals surface area contributed by atoms with Crippen LogP contribution in [0.3, 0.4) is 0 Å². The normalized spacial score (nSPS) is 19.2. The van der Waals surface area contributed by atoms with Crippen molar-refractivity contribution < 1.29 is 4.79 Å². The van der Waals surface area contributed by atoms with Gasteiger partial charge in [0.05, 0.1) is 11.4 Å². The monoisotopic (exact) mass is 248 g/mol. The number of nitrogens with zero attached hydrogens (tertiary/aromatic N) is 2. The molecule has 0 spiro atoms. The molecule has 0 aromatic heterocycles. The van der Waals surface area contributed by atoms with E-state index in [4.69, 9.17) is 11.5 Å². The van der Waals surface area contributed by atoms with Gasteiger partial charge in [0, 0.05) is 25.8 Å². The molecule has 4 N–H and O–H groups in total. The topological polar surface area (TPSA) is 75.6 Å². The van der Waals surface area contributed by atoms with E-state index in [9.17, 15) is 4.79 Å². The highest BCUT2D eigenvalue weighted by atomic mass is 16.2. The van der Waals surface area contributed by atoms with Gasteiger partial charge in [0.15, 0.2) is 0 Å². The molecule has 5 nitrogen and oxygen atoms in total. The Labute approximate surface area is 107 Å². The number of piperazine rings is 1. The van der Waals surface area contributed by atoms with Gasteiger partial charge in [-0.2, -0.15) is 0 Å². The van der Waals surface area contributed by atoms with E-state index in [1.54, 1.807) is 11.0 Å². The summed E-state index contributed by atoms with van der Waals surface area (Å²) in [6.45, 7) is 5.36. The number of nitrogen functional groups attached to an aromatic ring is 2. The largest absolute Gasteiger partial charge is 0.397 e. The first-order valence-electron chi connectivity index (χ1n) is 6.02. The lowest BCUT2D eigenvalue weighted by Crippen LogP contribution is -2.62. The van der Waals surface area contributed by atoms with Crippen molar-refractivity contribution in [3.63, 3.8) is 0 Å². The van der Waals surface area contributed by atoms with Crippen LogP contribution in [-0.4, -0.2) is 36.5 Å². The quantitative estimate of drug-likeness (QED) is 0.724. The Balaban J connectivity index is 2.38. The Hall–Kier alpha value is -1.91. The summed E-state index contributed by atoms with van der Waals surface area (Å²) in [5.74, 6) is 0.115. The minimum absolute atomic E-state index is 0.115. The van der Waals surface area contributed by atoms with Crippen LogP contribution in [0.1, 0.15) is 13.8 Å². The molecule has 1 aromatic rings. The van der Waals surface area contributed by atoms with Crippen LogP contribution in [0.25, 0.3) is 0 Å². The van der Waals surface area contributed by atoms with Gasteiger partial charge in [-0.1, -0.05) is 0 Å². The third kappa shape index (κ3) is 1.85. The first-order valence-corrected chi connectivity index (χ1v) is 6.02. The van der Waals surface area contributed by atoms with E-state index in [1.807, 2.05) is 33.0 Å². The van der Waals surface area contributed by atoms with Crippen molar-refractivity contribution in [1.29, 1.82) is 0 Å². The molecule has 1 saturated heterocycles. The van der Waals surface area contributed by atoms with Crippen molar-refractivity contribution in [2.75, 3.05) is 36.5 Å². The minimum atomic E-state index is -0.560. The molecular formula is C13H20N4O. The number of anilines is 3. The van der Waals surface area contributed by atoms with Gasteiger partial charge >= 0.3 is 0 Å². The Kier molecular flexibility index (Phi) is 2.84. The number of carbonyl (C=O) groups excluding carboxylic acids is 1.